The molecule has 8 heteroatoms. The molecule has 0 atom stereocenters. The van der Waals surface area contributed by atoms with Crippen molar-refractivity contribution in [2.24, 2.45) is 10.4 Å². The molecular weight excluding hydrogens is 507 g/mol. The van der Waals surface area contributed by atoms with Crippen molar-refractivity contribution < 1.29 is 13.9 Å². The third kappa shape index (κ3) is 9.63. The normalized spacial score (nSPS) is 11.4. The van der Waals surface area contributed by atoms with E-state index >= 15 is 0 Å². The fourth-order valence-electron chi connectivity index (χ4n) is 2.80. The molecule has 1 amide bonds. The van der Waals surface area contributed by atoms with E-state index in [4.69, 9.17) is 9.15 Å². The summed E-state index contributed by atoms with van der Waals surface area (Å²) in [5.74, 6) is 2.46. The van der Waals surface area contributed by atoms with Crippen LogP contribution in [0.4, 0.5) is 0 Å². The number of rotatable bonds is 11. The summed E-state index contributed by atoms with van der Waals surface area (Å²) >= 11 is 0. The third-order valence-electron chi connectivity index (χ3n) is 4.69. The number of carbonyl (C=O) groups is 1. The molecule has 3 N–H and O–H groups in total. The highest BCUT2D eigenvalue weighted by Gasteiger charge is 2.26. The van der Waals surface area contributed by atoms with Gasteiger partial charge < -0.3 is 25.1 Å². The molecular formula is C23H35IN4O3. The van der Waals surface area contributed by atoms with E-state index < -0.39 is 5.41 Å². The van der Waals surface area contributed by atoms with Crippen LogP contribution in [0, 0.1) is 5.41 Å². The molecule has 0 fully saturated rings. The molecule has 1 aromatic heterocycles. The molecule has 2 rings (SSSR count). The van der Waals surface area contributed by atoms with Gasteiger partial charge in [0.05, 0.1) is 25.3 Å². The second-order valence-corrected chi connectivity index (χ2v) is 7.69. The lowest BCUT2D eigenvalue weighted by atomic mass is 9.92. The van der Waals surface area contributed by atoms with Crippen molar-refractivity contribution in [3.05, 3.63) is 54.0 Å². The topological polar surface area (TPSA) is 87.9 Å². The lowest BCUT2D eigenvalue weighted by molar-refractivity contribution is -0.128. The largest absolute Gasteiger partial charge is 0.497 e. The number of nitrogens with one attached hydrogen (secondary N) is 3. The number of nitrogens with zero attached hydrogens (tertiary/aromatic N) is 1. The fraction of sp³-hybridized carbons (Fsp3) is 0.478. The van der Waals surface area contributed by atoms with Crippen molar-refractivity contribution in [3.8, 4) is 5.75 Å². The monoisotopic (exact) mass is 542 g/mol. The van der Waals surface area contributed by atoms with Gasteiger partial charge in [-0.2, -0.15) is 0 Å². The summed E-state index contributed by atoms with van der Waals surface area (Å²) in [7, 11) is 1.66. The maximum atomic E-state index is 12.3. The van der Waals surface area contributed by atoms with E-state index in [1.807, 2.05) is 45.0 Å². The zero-order valence-electron chi connectivity index (χ0n) is 18.9. The van der Waals surface area contributed by atoms with Crippen LogP contribution in [-0.2, 0) is 17.6 Å². The average Bonchev–Trinajstić information content (AvgIpc) is 3.26. The Kier molecular flexibility index (Phi) is 12.1. The predicted octanol–water partition coefficient (Wildman–Crippen LogP) is 3.39. The number of amides is 1. The second kappa shape index (κ2) is 14.0. The summed E-state index contributed by atoms with van der Waals surface area (Å²) in [6.45, 7) is 8.12. The molecule has 0 spiro atoms. The average molecular weight is 542 g/mol. The summed E-state index contributed by atoms with van der Waals surface area (Å²) in [4.78, 5) is 16.9. The molecule has 0 aliphatic heterocycles. The number of methoxy groups -OCH3 is 1. The van der Waals surface area contributed by atoms with Crippen LogP contribution in [0.15, 0.2) is 52.1 Å². The molecule has 0 unspecified atom stereocenters. The van der Waals surface area contributed by atoms with Gasteiger partial charge in [-0.1, -0.05) is 12.1 Å². The smallest absolute Gasteiger partial charge is 0.227 e. The molecule has 7 nitrogen and oxygen atoms in total. The number of carbonyl (C=O) groups excluding carboxylic acids is 1. The standard InChI is InChI=1S/C23H34N4O3.HI/c1-5-24-21(28)23(2,3)17-27-22(26-15-13-20-7-6-16-30-20)25-14-12-18-8-10-19(29-4)11-9-18;/h6-11,16H,5,12-15,17H2,1-4H3,(H,24,28)(H2,25,26,27);1H. The van der Waals surface area contributed by atoms with Gasteiger partial charge in [0, 0.05) is 26.1 Å². The maximum Gasteiger partial charge on any atom is 0.227 e. The van der Waals surface area contributed by atoms with Crippen LogP contribution in [0.2, 0.25) is 0 Å². The quantitative estimate of drug-likeness (QED) is 0.230. The first kappa shape index (κ1) is 26.8. The third-order valence-corrected chi connectivity index (χ3v) is 4.69. The van der Waals surface area contributed by atoms with Crippen molar-refractivity contribution >= 4 is 35.8 Å². The summed E-state index contributed by atoms with van der Waals surface area (Å²) in [6.07, 6.45) is 3.28. The lowest BCUT2D eigenvalue weighted by Crippen LogP contribution is -2.42. The Morgan fingerprint density at radius 1 is 1.06 bits per heavy atom. The van der Waals surface area contributed by atoms with Gasteiger partial charge in [-0.25, -0.2) is 0 Å². The Morgan fingerprint density at radius 2 is 1.74 bits per heavy atom. The van der Waals surface area contributed by atoms with Gasteiger partial charge in [-0.05, 0) is 57.0 Å². The van der Waals surface area contributed by atoms with Crippen molar-refractivity contribution in [2.75, 3.05) is 33.3 Å². The van der Waals surface area contributed by atoms with Crippen LogP contribution in [-0.4, -0.2) is 45.2 Å². The Bertz CT molecular complexity index is 790. The SMILES string of the molecule is CCNC(=O)C(C)(C)CN=C(NCCc1ccc(OC)cc1)NCCc1ccco1.I. The zero-order valence-corrected chi connectivity index (χ0v) is 21.2. The Morgan fingerprint density at radius 3 is 2.32 bits per heavy atom. The number of hydrogen-bond donors (Lipinski definition) is 3. The summed E-state index contributed by atoms with van der Waals surface area (Å²) in [5.41, 5.74) is 0.627. The highest BCUT2D eigenvalue weighted by molar-refractivity contribution is 14.0. The van der Waals surface area contributed by atoms with Gasteiger partial charge in [0.1, 0.15) is 11.5 Å². The van der Waals surface area contributed by atoms with Gasteiger partial charge in [-0.3, -0.25) is 9.79 Å². The summed E-state index contributed by atoms with van der Waals surface area (Å²) in [6, 6.07) is 11.9. The van der Waals surface area contributed by atoms with Crippen LogP contribution < -0.4 is 20.7 Å². The molecule has 2 aromatic rings. The molecule has 0 aliphatic carbocycles. The number of hydrogen-bond acceptors (Lipinski definition) is 4. The van der Waals surface area contributed by atoms with Crippen LogP contribution in [0.5, 0.6) is 5.75 Å². The van der Waals surface area contributed by atoms with Crippen molar-refractivity contribution in [1.29, 1.82) is 0 Å². The van der Waals surface area contributed by atoms with Crippen LogP contribution in [0.25, 0.3) is 0 Å². The first-order valence-electron chi connectivity index (χ1n) is 10.4. The summed E-state index contributed by atoms with van der Waals surface area (Å²) < 4.78 is 10.6. The van der Waals surface area contributed by atoms with E-state index in [-0.39, 0.29) is 29.9 Å². The fourth-order valence-corrected chi connectivity index (χ4v) is 2.80. The van der Waals surface area contributed by atoms with Crippen molar-refractivity contribution in [2.45, 2.75) is 33.6 Å². The molecule has 31 heavy (non-hydrogen) atoms. The molecule has 0 aliphatic rings. The number of halogens is 1. The minimum Gasteiger partial charge on any atom is -0.497 e. The van der Waals surface area contributed by atoms with Crippen molar-refractivity contribution in [1.82, 2.24) is 16.0 Å². The number of ether oxygens (including phenoxy) is 1. The number of benzene rings is 1. The van der Waals surface area contributed by atoms with E-state index in [9.17, 15) is 4.79 Å². The molecule has 172 valence electrons. The second-order valence-electron chi connectivity index (χ2n) is 7.69. The highest BCUT2D eigenvalue weighted by atomic mass is 127. The molecule has 1 aromatic carbocycles. The van der Waals surface area contributed by atoms with Crippen LogP contribution in [0.3, 0.4) is 0 Å². The zero-order chi connectivity index (χ0) is 21.8. The van der Waals surface area contributed by atoms with E-state index in [1.165, 1.54) is 5.56 Å². The van der Waals surface area contributed by atoms with E-state index in [0.717, 1.165) is 30.9 Å². The number of aliphatic imine (C=N–C) groups is 1. The first-order chi connectivity index (χ1) is 14.4. The lowest BCUT2D eigenvalue weighted by Gasteiger charge is -2.22. The van der Waals surface area contributed by atoms with Gasteiger partial charge >= 0.3 is 0 Å². The molecule has 0 radical (unpaired) electrons. The molecule has 0 saturated heterocycles. The first-order valence-corrected chi connectivity index (χ1v) is 10.4. The van der Waals surface area contributed by atoms with Gasteiger partial charge in [0.2, 0.25) is 5.91 Å². The minimum absolute atomic E-state index is 0. The van der Waals surface area contributed by atoms with Crippen LogP contribution >= 0.6 is 24.0 Å². The molecule has 1 heterocycles. The van der Waals surface area contributed by atoms with E-state index in [2.05, 4.69) is 33.1 Å². The van der Waals surface area contributed by atoms with E-state index in [1.54, 1.807) is 13.4 Å². The number of guanidine groups is 1. The summed E-state index contributed by atoms with van der Waals surface area (Å²) in [5, 5.41) is 9.57. The molecule has 0 saturated carbocycles. The maximum absolute atomic E-state index is 12.3. The minimum atomic E-state index is -0.582. The molecule has 0 bridgehead atoms. The van der Waals surface area contributed by atoms with Gasteiger partial charge in [0.15, 0.2) is 5.96 Å². The van der Waals surface area contributed by atoms with Crippen molar-refractivity contribution in [3.63, 3.8) is 0 Å². The Labute approximate surface area is 202 Å². The van der Waals surface area contributed by atoms with Crippen LogP contribution in [0.1, 0.15) is 32.1 Å². The van der Waals surface area contributed by atoms with Gasteiger partial charge in [0.25, 0.3) is 0 Å². The van der Waals surface area contributed by atoms with Gasteiger partial charge in [-0.15, -0.1) is 24.0 Å². The van der Waals surface area contributed by atoms with E-state index in [0.29, 0.717) is 25.6 Å². The predicted molar refractivity (Wildman–Crippen MR) is 135 cm³/mol. The Hall–Kier alpha value is -2.23. The Balaban J connectivity index is 0.00000480. The number of furan rings is 1. The highest BCUT2D eigenvalue weighted by Crippen LogP contribution is 2.15.